The van der Waals surface area contributed by atoms with Crippen molar-refractivity contribution in [1.29, 1.82) is 5.41 Å². The summed E-state index contributed by atoms with van der Waals surface area (Å²) in [6.45, 7) is 5.85. The van der Waals surface area contributed by atoms with Gasteiger partial charge in [-0.3, -0.25) is 0 Å². The van der Waals surface area contributed by atoms with Gasteiger partial charge in [-0.1, -0.05) is 37.8 Å². The molecule has 0 fully saturated rings. The van der Waals surface area contributed by atoms with Crippen molar-refractivity contribution in [3.05, 3.63) is 54.3 Å². The molecule has 0 aliphatic rings. The minimum absolute atomic E-state index is 0.372. The van der Waals surface area contributed by atoms with E-state index in [0.717, 1.165) is 17.6 Å². The summed E-state index contributed by atoms with van der Waals surface area (Å²) >= 11 is 0. The summed E-state index contributed by atoms with van der Waals surface area (Å²) in [5, 5.41) is 7.24. The fraction of sp³-hybridized carbons (Fsp3) is 0.143. The first-order chi connectivity index (χ1) is 8.22. The molecule has 1 aromatic heterocycles. The fourth-order valence-electron chi connectivity index (χ4n) is 1.36. The Kier molecular flexibility index (Phi) is 4.88. The minimum atomic E-state index is 0.372. The number of anilines is 1. The summed E-state index contributed by atoms with van der Waals surface area (Å²) in [4.78, 5) is 4.06. The standard InChI is InChI=1S/C14H17N3/c1-3-5-6-7-11(4-2)13-8-12(9-15)14(16)17-10-13/h4-10,15H,2-3H2,1H3,(H2,16,17)/b6-5+,11-7+,15-9?. The molecular weight excluding hydrogens is 210 g/mol. The SMILES string of the molecule is C=C/C(=C\C=C\CC)c1cnc(N)c(C=N)c1. The highest BCUT2D eigenvalue weighted by Crippen LogP contribution is 2.18. The second kappa shape index (κ2) is 6.43. The van der Waals surface area contributed by atoms with Gasteiger partial charge in [0.2, 0.25) is 0 Å². The molecule has 3 nitrogen and oxygen atoms in total. The number of hydrogen-bond acceptors (Lipinski definition) is 3. The van der Waals surface area contributed by atoms with Crippen molar-refractivity contribution in [3.8, 4) is 0 Å². The Morgan fingerprint density at radius 2 is 2.35 bits per heavy atom. The Balaban J connectivity index is 3.12. The van der Waals surface area contributed by atoms with E-state index in [9.17, 15) is 0 Å². The Labute approximate surface area is 102 Å². The lowest BCUT2D eigenvalue weighted by Gasteiger charge is -2.04. The van der Waals surface area contributed by atoms with Crippen LogP contribution in [0.3, 0.4) is 0 Å². The molecule has 0 radical (unpaired) electrons. The maximum atomic E-state index is 7.24. The van der Waals surface area contributed by atoms with Crippen molar-refractivity contribution in [2.75, 3.05) is 5.73 Å². The molecule has 3 heteroatoms. The molecule has 0 saturated carbocycles. The van der Waals surface area contributed by atoms with Crippen LogP contribution in [0, 0.1) is 5.41 Å². The Hall–Kier alpha value is -2.16. The monoisotopic (exact) mass is 227 g/mol. The molecule has 0 atom stereocenters. The normalized spacial score (nSPS) is 11.7. The summed E-state index contributed by atoms with van der Waals surface area (Å²) in [5.41, 5.74) is 8.14. The molecule has 0 aromatic carbocycles. The molecule has 0 aliphatic heterocycles. The molecule has 3 N–H and O–H groups in total. The number of allylic oxidation sites excluding steroid dienone is 5. The summed E-state index contributed by atoms with van der Waals surface area (Å²) < 4.78 is 0. The lowest BCUT2D eigenvalue weighted by molar-refractivity contribution is 1.22. The van der Waals surface area contributed by atoms with Crippen molar-refractivity contribution < 1.29 is 0 Å². The molecule has 0 bridgehead atoms. The van der Waals surface area contributed by atoms with Crippen molar-refractivity contribution in [2.24, 2.45) is 0 Å². The first kappa shape index (κ1) is 12.9. The number of aromatic nitrogens is 1. The maximum Gasteiger partial charge on any atom is 0.132 e. The van der Waals surface area contributed by atoms with E-state index >= 15 is 0 Å². The predicted octanol–water partition coefficient (Wildman–Crippen LogP) is 3.20. The summed E-state index contributed by atoms with van der Waals surface area (Å²) in [7, 11) is 0. The summed E-state index contributed by atoms with van der Waals surface area (Å²) in [6, 6.07) is 1.84. The Morgan fingerprint density at radius 1 is 1.59 bits per heavy atom. The van der Waals surface area contributed by atoms with Crippen molar-refractivity contribution in [2.45, 2.75) is 13.3 Å². The van der Waals surface area contributed by atoms with Crippen LogP contribution in [0.2, 0.25) is 0 Å². The number of pyridine rings is 1. The van der Waals surface area contributed by atoms with Crippen molar-refractivity contribution in [1.82, 2.24) is 4.98 Å². The van der Waals surface area contributed by atoms with Gasteiger partial charge >= 0.3 is 0 Å². The molecule has 1 aromatic rings. The van der Waals surface area contributed by atoms with E-state index in [-0.39, 0.29) is 0 Å². The van der Waals surface area contributed by atoms with Crippen LogP contribution in [0.1, 0.15) is 24.5 Å². The maximum absolute atomic E-state index is 7.24. The van der Waals surface area contributed by atoms with Gasteiger partial charge in [0.05, 0.1) is 0 Å². The molecule has 0 amide bonds. The van der Waals surface area contributed by atoms with E-state index < -0.39 is 0 Å². The Bertz CT molecular complexity index is 470. The van der Waals surface area contributed by atoms with Gasteiger partial charge < -0.3 is 11.1 Å². The molecule has 1 rings (SSSR count). The second-order valence-electron chi connectivity index (χ2n) is 3.51. The zero-order chi connectivity index (χ0) is 12.7. The van der Waals surface area contributed by atoms with Crippen LogP contribution < -0.4 is 5.73 Å². The lowest BCUT2D eigenvalue weighted by Crippen LogP contribution is -1.98. The van der Waals surface area contributed by atoms with Crippen LogP contribution in [0.5, 0.6) is 0 Å². The van der Waals surface area contributed by atoms with Crippen LogP contribution in [-0.4, -0.2) is 11.2 Å². The third-order valence-corrected chi connectivity index (χ3v) is 2.31. The highest BCUT2D eigenvalue weighted by Gasteiger charge is 2.02. The second-order valence-corrected chi connectivity index (χ2v) is 3.51. The molecule has 0 saturated heterocycles. The van der Waals surface area contributed by atoms with Crippen molar-refractivity contribution in [3.63, 3.8) is 0 Å². The smallest absolute Gasteiger partial charge is 0.132 e. The first-order valence-corrected chi connectivity index (χ1v) is 5.48. The van der Waals surface area contributed by atoms with Crippen LogP contribution in [0.25, 0.3) is 5.57 Å². The lowest BCUT2D eigenvalue weighted by atomic mass is 10.1. The molecule has 17 heavy (non-hydrogen) atoms. The number of nitrogen functional groups attached to an aromatic ring is 1. The van der Waals surface area contributed by atoms with Gasteiger partial charge in [0.25, 0.3) is 0 Å². The largest absolute Gasteiger partial charge is 0.383 e. The minimum Gasteiger partial charge on any atom is -0.383 e. The third-order valence-electron chi connectivity index (χ3n) is 2.31. The molecule has 88 valence electrons. The zero-order valence-corrected chi connectivity index (χ0v) is 9.98. The highest BCUT2D eigenvalue weighted by atomic mass is 14.8. The van der Waals surface area contributed by atoms with Crippen molar-refractivity contribution >= 4 is 17.6 Å². The predicted molar refractivity (Wildman–Crippen MR) is 74.1 cm³/mol. The van der Waals surface area contributed by atoms with Crippen LogP contribution in [0.15, 0.2) is 43.1 Å². The number of rotatable bonds is 5. The van der Waals surface area contributed by atoms with E-state index in [4.69, 9.17) is 11.1 Å². The third kappa shape index (κ3) is 3.41. The van der Waals surface area contributed by atoms with Crippen LogP contribution in [-0.2, 0) is 0 Å². The summed E-state index contributed by atoms with van der Waals surface area (Å²) in [6.07, 6.45) is 11.7. The zero-order valence-electron chi connectivity index (χ0n) is 9.98. The fourth-order valence-corrected chi connectivity index (χ4v) is 1.36. The number of nitrogens with zero attached hydrogens (tertiary/aromatic N) is 1. The van der Waals surface area contributed by atoms with Crippen LogP contribution >= 0.6 is 0 Å². The average molecular weight is 227 g/mol. The van der Waals surface area contributed by atoms with Gasteiger partial charge in [-0.05, 0) is 18.1 Å². The number of nitrogens with two attached hydrogens (primary N) is 1. The average Bonchev–Trinajstić information content (AvgIpc) is 2.36. The van der Waals surface area contributed by atoms with E-state index in [0.29, 0.717) is 11.4 Å². The quantitative estimate of drug-likeness (QED) is 0.599. The summed E-state index contributed by atoms with van der Waals surface area (Å²) in [5.74, 6) is 0.372. The molecule has 1 heterocycles. The van der Waals surface area contributed by atoms with E-state index in [2.05, 4.69) is 24.6 Å². The molecule has 0 aliphatic carbocycles. The van der Waals surface area contributed by atoms with Gasteiger partial charge in [-0.2, -0.15) is 0 Å². The molecule has 0 spiro atoms. The first-order valence-electron chi connectivity index (χ1n) is 5.48. The topological polar surface area (TPSA) is 62.8 Å². The molecular formula is C14H17N3. The van der Waals surface area contributed by atoms with E-state index in [1.807, 2.05) is 18.2 Å². The highest BCUT2D eigenvalue weighted by molar-refractivity contribution is 5.86. The Morgan fingerprint density at radius 3 is 2.94 bits per heavy atom. The van der Waals surface area contributed by atoms with E-state index in [1.54, 1.807) is 12.3 Å². The number of nitrogens with one attached hydrogen (secondary N) is 1. The van der Waals surface area contributed by atoms with E-state index in [1.165, 1.54) is 6.21 Å². The van der Waals surface area contributed by atoms with Gasteiger partial charge in [-0.25, -0.2) is 4.98 Å². The van der Waals surface area contributed by atoms with Gasteiger partial charge in [0, 0.05) is 23.5 Å². The van der Waals surface area contributed by atoms with Gasteiger partial charge in [-0.15, -0.1) is 0 Å². The van der Waals surface area contributed by atoms with Crippen LogP contribution in [0.4, 0.5) is 5.82 Å². The molecule has 0 unspecified atom stereocenters. The van der Waals surface area contributed by atoms with Gasteiger partial charge in [0.1, 0.15) is 5.82 Å². The van der Waals surface area contributed by atoms with Gasteiger partial charge in [0.15, 0.2) is 0 Å². The number of hydrogen-bond donors (Lipinski definition) is 2.